The van der Waals surface area contributed by atoms with Crippen LogP contribution in [0.1, 0.15) is 45.1 Å². The van der Waals surface area contributed by atoms with Gasteiger partial charge in [0.05, 0.1) is 0 Å². The van der Waals surface area contributed by atoms with Gasteiger partial charge in [0, 0.05) is 24.8 Å². The Morgan fingerprint density at radius 1 is 1.22 bits per heavy atom. The Kier molecular flexibility index (Phi) is 6.26. The second kappa shape index (κ2) is 7.75. The predicted octanol–water partition coefficient (Wildman–Crippen LogP) is 3.95. The highest BCUT2D eigenvalue weighted by Crippen LogP contribution is 2.19. The molecular weight excluding hydrogens is 224 g/mol. The molecule has 2 N–H and O–H groups in total. The highest BCUT2D eigenvalue weighted by atomic mass is 16.1. The van der Waals surface area contributed by atoms with Crippen molar-refractivity contribution in [2.75, 3.05) is 17.2 Å². The molecule has 0 spiro atoms. The van der Waals surface area contributed by atoms with Crippen molar-refractivity contribution in [3.63, 3.8) is 0 Å². The number of hydrogen-bond donors (Lipinski definition) is 2. The van der Waals surface area contributed by atoms with E-state index in [0.717, 1.165) is 23.5 Å². The van der Waals surface area contributed by atoms with E-state index in [1.165, 1.54) is 32.6 Å². The van der Waals surface area contributed by atoms with Crippen molar-refractivity contribution in [2.45, 2.75) is 46.5 Å². The lowest BCUT2D eigenvalue weighted by atomic mass is 10.1. The van der Waals surface area contributed by atoms with Crippen LogP contribution in [0.2, 0.25) is 0 Å². The van der Waals surface area contributed by atoms with Gasteiger partial charge < -0.3 is 10.6 Å². The van der Waals surface area contributed by atoms with E-state index < -0.39 is 0 Å². The molecule has 0 unspecified atom stereocenters. The van der Waals surface area contributed by atoms with E-state index in [-0.39, 0.29) is 5.91 Å². The first kappa shape index (κ1) is 14.6. The van der Waals surface area contributed by atoms with E-state index in [1.54, 1.807) is 0 Å². The fourth-order valence-corrected chi connectivity index (χ4v) is 1.89. The molecule has 0 heterocycles. The number of carbonyl (C=O) groups is 1. The second-order valence-electron chi connectivity index (χ2n) is 4.70. The molecule has 0 saturated carbocycles. The van der Waals surface area contributed by atoms with Gasteiger partial charge in [0.15, 0.2) is 0 Å². The molecule has 0 fully saturated rings. The summed E-state index contributed by atoms with van der Waals surface area (Å²) in [5, 5.41) is 6.23. The minimum atomic E-state index is -0.0293. The normalized spacial score (nSPS) is 10.2. The first-order chi connectivity index (χ1) is 8.63. The number of benzene rings is 1. The SMILES string of the molecule is CCCCCCNc1ccc(NC(C)=O)c(C)c1. The molecule has 0 atom stereocenters. The third kappa shape index (κ3) is 5.21. The van der Waals surface area contributed by atoms with Crippen LogP contribution >= 0.6 is 0 Å². The molecule has 18 heavy (non-hydrogen) atoms. The molecule has 0 aliphatic rings. The summed E-state index contributed by atoms with van der Waals surface area (Å²) >= 11 is 0. The monoisotopic (exact) mass is 248 g/mol. The topological polar surface area (TPSA) is 41.1 Å². The van der Waals surface area contributed by atoms with Gasteiger partial charge >= 0.3 is 0 Å². The molecule has 0 radical (unpaired) electrons. The molecule has 3 heteroatoms. The molecular formula is C15H24N2O. The summed E-state index contributed by atoms with van der Waals surface area (Å²) in [6.07, 6.45) is 5.07. The van der Waals surface area contributed by atoms with Crippen molar-refractivity contribution in [2.24, 2.45) is 0 Å². The zero-order valence-corrected chi connectivity index (χ0v) is 11.7. The van der Waals surface area contributed by atoms with Gasteiger partial charge in [0.2, 0.25) is 5.91 Å². The standard InChI is InChI=1S/C15H24N2O/c1-4-5-6-7-10-16-14-8-9-15(12(2)11-14)17-13(3)18/h8-9,11,16H,4-7,10H2,1-3H3,(H,17,18). The summed E-state index contributed by atoms with van der Waals surface area (Å²) in [5.74, 6) is -0.0293. The minimum absolute atomic E-state index is 0.0293. The van der Waals surface area contributed by atoms with E-state index in [0.29, 0.717) is 0 Å². The smallest absolute Gasteiger partial charge is 0.221 e. The van der Waals surface area contributed by atoms with Crippen molar-refractivity contribution in [1.82, 2.24) is 0 Å². The lowest BCUT2D eigenvalue weighted by molar-refractivity contribution is -0.114. The molecule has 1 aromatic carbocycles. The summed E-state index contributed by atoms with van der Waals surface area (Å²) in [7, 11) is 0. The van der Waals surface area contributed by atoms with E-state index in [2.05, 4.69) is 23.6 Å². The fraction of sp³-hybridized carbons (Fsp3) is 0.533. The number of anilines is 2. The van der Waals surface area contributed by atoms with Crippen molar-refractivity contribution in [3.8, 4) is 0 Å². The zero-order valence-electron chi connectivity index (χ0n) is 11.7. The van der Waals surface area contributed by atoms with Crippen LogP contribution in [0.25, 0.3) is 0 Å². The summed E-state index contributed by atoms with van der Waals surface area (Å²) in [6.45, 7) is 6.77. The van der Waals surface area contributed by atoms with Gasteiger partial charge in [-0.05, 0) is 37.1 Å². The van der Waals surface area contributed by atoms with Crippen molar-refractivity contribution in [1.29, 1.82) is 0 Å². The van der Waals surface area contributed by atoms with Crippen molar-refractivity contribution in [3.05, 3.63) is 23.8 Å². The van der Waals surface area contributed by atoms with Crippen LogP contribution in [-0.2, 0) is 4.79 Å². The summed E-state index contributed by atoms with van der Waals surface area (Å²) in [5.41, 5.74) is 3.10. The maximum Gasteiger partial charge on any atom is 0.221 e. The lowest BCUT2D eigenvalue weighted by Crippen LogP contribution is -2.08. The Bertz CT molecular complexity index is 388. The molecule has 100 valence electrons. The van der Waals surface area contributed by atoms with Crippen molar-refractivity contribution < 1.29 is 4.79 Å². The number of carbonyl (C=O) groups excluding carboxylic acids is 1. The van der Waals surface area contributed by atoms with E-state index >= 15 is 0 Å². The van der Waals surface area contributed by atoms with Crippen LogP contribution in [0, 0.1) is 6.92 Å². The number of hydrogen-bond acceptors (Lipinski definition) is 2. The molecule has 1 amide bonds. The lowest BCUT2D eigenvalue weighted by Gasteiger charge is -2.10. The fourth-order valence-electron chi connectivity index (χ4n) is 1.89. The van der Waals surface area contributed by atoms with E-state index in [1.807, 2.05) is 19.1 Å². The third-order valence-corrected chi connectivity index (χ3v) is 2.90. The third-order valence-electron chi connectivity index (χ3n) is 2.90. The van der Waals surface area contributed by atoms with E-state index in [9.17, 15) is 4.79 Å². The first-order valence-corrected chi connectivity index (χ1v) is 6.75. The summed E-state index contributed by atoms with van der Waals surface area (Å²) in [4.78, 5) is 11.0. The van der Waals surface area contributed by atoms with Crippen LogP contribution < -0.4 is 10.6 Å². The van der Waals surface area contributed by atoms with Crippen molar-refractivity contribution >= 4 is 17.3 Å². The van der Waals surface area contributed by atoms with Gasteiger partial charge in [0.1, 0.15) is 0 Å². The molecule has 1 rings (SSSR count). The molecule has 0 aliphatic carbocycles. The molecule has 3 nitrogen and oxygen atoms in total. The highest BCUT2D eigenvalue weighted by molar-refractivity contribution is 5.89. The first-order valence-electron chi connectivity index (χ1n) is 6.75. The molecule has 0 bridgehead atoms. The van der Waals surface area contributed by atoms with Gasteiger partial charge in [-0.2, -0.15) is 0 Å². The van der Waals surface area contributed by atoms with Crippen LogP contribution in [0.4, 0.5) is 11.4 Å². The minimum Gasteiger partial charge on any atom is -0.385 e. The number of rotatable bonds is 7. The number of aryl methyl sites for hydroxylation is 1. The largest absolute Gasteiger partial charge is 0.385 e. The Morgan fingerprint density at radius 2 is 2.00 bits per heavy atom. The molecule has 0 aromatic heterocycles. The Balaban J connectivity index is 2.43. The maximum absolute atomic E-state index is 11.0. The Hall–Kier alpha value is -1.51. The molecule has 1 aromatic rings. The average molecular weight is 248 g/mol. The maximum atomic E-state index is 11.0. The van der Waals surface area contributed by atoms with Gasteiger partial charge in [-0.25, -0.2) is 0 Å². The average Bonchev–Trinajstić information content (AvgIpc) is 2.32. The quantitative estimate of drug-likeness (QED) is 0.717. The zero-order chi connectivity index (χ0) is 13.4. The van der Waals surface area contributed by atoms with Crippen LogP contribution in [0.15, 0.2) is 18.2 Å². The number of nitrogens with one attached hydrogen (secondary N) is 2. The summed E-state index contributed by atoms with van der Waals surface area (Å²) < 4.78 is 0. The van der Waals surface area contributed by atoms with Gasteiger partial charge in [-0.15, -0.1) is 0 Å². The van der Waals surface area contributed by atoms with Crippen LogP contribution in [-0.4, -0.2) is 12.5 Å². The Morgan fingerprint density at radius 3 is 2.61 bits per heavy atom. The predicted molar refractivity (Wildman–Crippen MR) is 78.1 cm³/mol. The number of amides is 1. The second-order valence-corrected chi connectivity index (χ2v) is 4.70. The number of unbranched alkanes of at least 4 members (excludes halogenated alkanes) is 3. The molecule has 0 aliphatic heterocycles. The van der Waals surface area contributed by atoms with Gasteiger partial charge in [0.25, 0.3) is 0 Å². The Labute approximate surface area is 110 Å². The van der Waals surface area contributed by atoms with Gasteiger partial charge in [-0.1, -0.05) is 26.2 Å². The van der Waals surface area contributed by atoms with Crippen LogP contribution in [0.5, 0.6) is 0 Å². The van der Waals surface area contributed by atoms with E-state index in [4.69, 9.17) is 0 Å². The summed E-state index contributed by atoms with van der Waals surface area (Å²) in [6, 6.07) is 6.04. The van der Waals surface area contributed by atoms with Crippen LogP contribution in [0.3, 0.4) is 0 Å². The highest BCUT2D eigenvalue weighted by Gasteiger charge is 2.01. The van der Waals surface area contributed by atoms with Gasteiger partial charge in [-0.3, -0.25) is 4.79 Å². The molecule has 0 saturated heterocycles.